The molecular weight excluding hydrogens is 318 g/mol. The second-order valence-electron chi connectivity index (χ2n) is 4.84. The van der Waals surface area contributed by atoms with Gasteiger partial charge in [-0.15, -0.1) is 11.8 Å². The molecule has 0 spiro atoms. The molecule has 0 atom stereocenters. The molecule has 0 fully saturated rings. The van der Waals surface area contributed by atoms with Gasteiger partial charge in [-0.05, 0) is 36.8 Å². The summed E-state index contributed by atoms with van der Waals surface area (Å²) in [5.74, 6) is 0.501. The first-order chi connectivity index (χ1) is 10.8. The van der Waals surface area contributed by atoms with Crippen molar-refractivity contribution in [3.05, 3.63) is 64.7 Å². The topological polar surface area (TPSA) is 38.7 Å². The lowest BCUT2D eigenvalue weighted by molar-refractivity contribution is 0.0516. The van der Waals surface area contributed by atoms with Gasteiger partial charge in [-0.2, -0.15) is 0 Å². The molecule has 22 heavy (non-hydrogen) atoms. The van der Waals surface area contributed by atoms with Crippen molar-refractivity contribution in [2.24, 2.45) is 5.16 Å². The molecule has 3 nitrogen and oxygen atoms in total. The van der Waals surface area contributed by atoms with Gasteiger partial charge in [0.25, 0.3) is 0 Å². The molecule has 0 N–H and O–H groups in total. The van der Waals surface area contributed by atoms with Crippen molar-refractivity contribution in [3.63, 3.8) is 0 Å². The summed E-state index contributed by atoms with van der Waals surface area (Å²) < 4.78 is 0. The fourth-order valence-electron chi connectivity index (χ4n) is 2.25. The molecule has 2 aromatic rings. The van der Waals surface area contributed by atoms with E-state index in [0.717, 1.165) is 29.9 Å². The monoisotopic (exact) mass is 331 g/mol. The third-order valence-corrected chi connectivity index (χ3v) is 4.84. The molecule has 112 valence electrons. The summed E-state index contributed by atoms with van der Waals surface area (Å²) in [5, 5.41) is 4.46. The molecule has 0 radical (unpaired) electrons. The van der Waals surface area contributed by atoms with Gasteiger partial charge in [0.15, 0.2) is 0 Å². The number of oxime groups is 1. The summed E-state index contributed by atoms with van der Waals surface area (Å²) in [6, 6.07) is 14.8. The van der Waals surface area contributed by atoms with Gasteiger partial charge in [0, 0.05) is 10.5 Å². The maximum atomic E-state index is 12.1. The molecule has 1 aliphatic heterocycles. The zero-order valence-corrected chi connectivity index (χ0v) is 13.4. The van der Waals surface area contributed by atoms with Gasteiger partial charge in [-0.1, -0.05) is 47.1 Å². The normalized spacial score (nSPS) is 16.0. The van der Waals surface area contributed by atoms with E-state index in [0.29, 0.717) is 10.6 Å². The van der Waals surface area contributed by atoms with Crippen LogP contribution in [-0.4, -0.2) is 17.4 Å². The van der Waals surface area contributed by atoms with E-state index < -0.39 is 5.97 Å². The van der Waals surface area contributed by atoms with E-state index in [4.69, 9.17) is 16.4 Å². The van der Waals surface area contributed by atoms with Crippen LogP contribution in [0.2, 0.25) is 5.02 Å². The SMILES string of the molecule is O=C(O/N=C1\CCCSc2ccccc21)c1ccccc1Cl. The van der Waals surface area contributed by atoms with Crippen LogP contribution in [0.5, 0.6) is 0 Å². The maximum Gasteiger partial charge on any atom is 0.367 e. The molecule has 1 heterocycles. The van der Waals surface area contributed by atoms with Crippen LogP contribution >= 0.6 is 23.4 Å². The number of rotatable bonds is 2. The Hall–Kier alpha value is -1.78. The van der Waals surface area contributed by atoms with E-state index >= 15 is 0 Å². The second kappa shape index (κ2) is 6.99. The largest absolute Gasteiger partial charge is 0.367 e. The first-order valence-electron chi connectivity index (χ1n) is 7.00. The summed E-state index contributed by atoms with van der Waals surface area (Å²) in [6.45, 7) is 0. The predicted molar refractivity (Wildman–Crippen MR) is 89.8 cm³/mol. The molecule has 1 aliphatic rings. The Balaban J connectivity index is 1.84. The van der Waals surface area contributed by atoms with E-state index in [-0.39, 0.29) is 0 Å². The van der Waals surface area contributed by atoms with Gasteiger partial charge in [0.1, 0.15) is 0 Å². The van der Waals surface area contributed by atoms with E-state index in [1.807, 2.05) is 18.2 Å². The number of benzene rings is 2. The number of carbonyl (C=O) groups is 1. The second-order valence-corrected chi connectivity index (χ2v) is 6.39. The number of hydrogen-bond acceptors (Lipinski definition) is 4. The third-order valence-electron chi connectivity index (χ3n) is 3.35. The fourth-order valence-corrected chi connectivity index (χ4v) is 3.49. The highest BCUT2D eigenvalue weighted by Crippen LogP contribution is 2.29. The summed E-state index contributed by atoms with van der Waals surface area (Å²) in [6.07, 6.45) is 1.79. The Morgan fingerprint density at radius 1 is 1.14 bits per heavy atom. The Morgan fingerprint density at radius 2 is 1.91 bits per heavy atom. The van der Waals surface area contributed by atoms with Crippen molar-refractivity contribution >= 4 is 35.0 Å². The number of halogens is 1. The van der Waals surface area contributed by atoms with Crippen molar-refractivity contribution < 1.29 is 9.63 Å². The van der Waals surface area contributed by atoms with Crippen molar-refractivity contribution in [3.8, 4) is 0 Å². The van der Waals surface area contributed by atoms with Crippen LogP contribution in [0.1, 0.15) is 28.8 Å². The molecular formula is C17H14ClNO2S. The van der Waals surface area contributed by atoms with Gasteiger partial charge in [0.05, 0.1) is 16.3 Å². The quantitative estimate of drug-likeness (QED) is 0.586. The summed E-state index contributed by atoms with van der Waals surface area (Å²) >= 11 is 7.80. The molecule has 3 rings (SSSR count). The van der Waals surface area contributed by atoms with Crippen molar-refractivity contribution in [2.75, 3.05) is 5.75 Å². The fraction of sp³-hybridized carbons (Fsp3) is 0.176. The summed E-state index contributed by atoms with van der Waals surface area (Å²) in [4.78, 5) is 18.4. The van der Waals surface area contributed by atoms with E-state index in [9.17, 15) is 4.79 Å². The first kappa shape index (κ1) is 15.1. The molecule has 0 bridgehead atoms. The average Bonchev–Trinajstić information content (AvgIpc) is 2.75. The average molecular weight is 332 g/mol. The Bertz CT molecular complexity index is 730. The zero-order valence-electron chi connectivity index (χ0n) is 11.8. The van der Waals surface area contributed by atoms with Gasteiger partial charge in [-0.25, -0.2) is 4.79 Å². The number of nitrogens with zero attached hydrogens (tertiary/aromatic N) is 1. The first-order valence-corrected chi connectivity index (χ1v) is 8.37. The number of carbonyl (C=O) groups excluding carboxylic acids is 1. The third kappa shape index (κ3) is 3.34. The minimum absolute atomic E-state index is 0.324. The van der Waals surface area contributed by atoms with Gasteiger partial charge in [0.2, 0.25) is 0 Å². The highest BCUT2D eigenvalue weighted by atomic mass is 35.5. The minimum atomic E-state index is -0.535. The Kier molecular flexibility index (Phi) is 4.80. The van der Waals surface area contributed by atoms with Gasteiger partial charge < -0.3 is 4.84 Å². The number of thioether (sulfide) groups is 1. The van der Waals surface area contributed by atoms with Crippen LogP contribution in [-0.2, 0) is 4.84 Å². The standard InChI is InChI=1S/C17H14ClNO2S/c18-14-8-3-1-6-12(14)17(20)21-19-15-9-5-11-22-16-10-4-2-7-13(15)16/h1-4,6-8,10H,5,9,11H2/b19-15+. The lowest BCUT2D eigenvalue weighted by atomic mass is 10.1. The van der Waals surface area contributed by atoms with E-state index in [2.05, 4.69) is 11.2 Å². The van der Waals surface area contributed by atoms with Crippen LogP contribution in [0.3, 0.4) is 0 Å². The molecule has 0 aromatic heterocycles. The van der Waals surface area contributed by atoms with Gasteiger partial charge in [-0.3, -0.25) is 0 Å². The van der Waals surface area contributed by atoms with Gasteiger partial charge >= 0.3 is 5.97 Å². The van der Waals surface area contributed by atoms with E-state index in [1.54, 1.807) is 36.0 Å². The van der Waals surface area contributed by atoms with Crippen molar-refractivity contribution in [1.82, 2.24) is 0 Å². The molecule has 0 saturated heterocycles. The molecule has 0 aliphatic carbocycles. The smallest absolute Gasteiger partial charge is 0.312 e. The number of hydrogen-bond donors (Lipinski definition) is 0. The molecule has 0 amide bonds. The summed E-state index contributed by atoms with van der Waals surface area (Å²) in [5.41, 5.74) is 2.17. The maximum absolute atomic E-state index is 12.1. The highest BCUT2D eigenvalue weighted by molar-refractivity contribution is 7.99. The van der Waals surface area contributed by atoms with Crippen LogP contribution in [0.25, 0.3) is 0 Å². The van der Waals surface area contributed by atoms with Crippen molar-refractivity contribution in [2.45, 2.75) is 17.7 Å². The van der Waals surface area contributed by atoms with E-state index in [1.165, 1.54) is 4.90 Å². The highest BCUT2D eigenvalue weighted by Gasteiger charge is 2.16. The molecule has 0 saturated carbocycles. The lowest BCUT2D eigenvalue weighted by Gasteiger charge is -2.06. The Labute approximate surface area is 138 Å². The molecule has 0 unspecified atom stereocenters. The van der Waals surface area contributed by atoms with Crippen molar-refractivity contribution in [1.29, 1.82) is 0 Å². The predicted octanol–water partition coefficient (Wildman–Crippen LogP) is 4.79. The van der Waals surface area contributed by atoms with Crippen LogP contribution < -0.4 is 0 Å². The number of fused-ring (bicyclic) bond motifs is 1. The molecule has 2 aromatic carbocycles. The van der Waals surface area contributed by atoms with Crippen LogP contribution in [0.4, 0.5) is 0 Å². The molecule has 5 heteroatoms. The Morgan fingerprint density at radius 3 is 2.77 bits per heavy atom. The zero-order chi connectivity index (χ0) is 15.4. The van der Waals surface area contributed by atoms with Crippen LogP contribution in [0, 0.1) is 0 Å². The lowest BCUT2D eigenvalue weighted by Crippen LogP contribution is -2.07. The minimum Gasteiger partial charge on any atom is -0.312 e. The van der Waals surface area contributed by atoms with Crippen LogP contribution in [0.15, 0.2) is 58.6 Å². The summed E-state index contributed by atoms with van der Waals surface area (Å²) in [7, 11) is 0.